The van der Waals surface area contributed by atoms with Crippen molar-refractivity contribution < 1.29 is 17.9 Å². The summed E-state index contributed by atoms with van der Waals surface area (Å²) in [6, 6.07) is 12.0. The standard InChI is InChI=1S/C25H35N3O4S/c1-18-7-5-6-8-23(18)25(29)26-24-10-9-22(17-19(24)2)33(30,31)27-20(3)21-11-13-28(14-12-21)15-16-32-4/h5-10,17,20-21,27H,11-16H2,1-4H3,(H,26,29). The SMILES string of the molecule is COCCN1CCC(C(C)NS(=O)(=O)c2ccc(NC(=O)c3ccccc3C)c(C)c2)CC1. The summed E-state index contributed by atoms with van der Waals surface area (Å²) in [7, 11) is -1.96. The van der Waals surface area contributed by atoms with Gasteiger partial charge in [-0.05, 0) is 88.0 Å². The van der Waals surface area contributed by atoms with Gasteiger partial charge in [0.2, 0.25) is 10.0 Å². The number of likely N-dealkylation sites (tertiary alicyclic amines) is 1. The molecule has 8 heteroatoms. The topological polar surface area (TPSA) is 87.7 Å². The van der Waals surface area contributed by atoms with Gasteiger partial charge in [0, 0.05) is 30.9 Å². The van der Waals surface area contributed by atoms with E-state index in [1.807, 2.05) is 32.0 Å². The molecule has 2 aromatic rings. The number of sulfonamides is 1. The van der Waals surface area contributed by atoms with Gasteiger partial charge in [0.1, 0.15) is 0 Å². The van der Waals surface area contributed by atoms with Crippen molar-refractivity contribution in [2.24, 2.45) is 5.92 Å². The van der Waals surface area contributed by atoms with Gasteiger partial charge < -0.3 is 15.0 Å². The first-order valence-electron chi connectivity index (χ1n) is 11.4. The minimum atomic E-state index is -3.66. The summed E-state index contributed by atoms with van der Waals surface area (Å²) in [4.78, 5) is 15.2. The molecule has 1 unspecified atom stereocenters. The van der Waals surface area contributed by atoms with Crippen LogP contribution in [0.4, 0.5) is 5.69 Å². The highest BCUT2D eigenvalue weighted by molar-refractivity contribution is 7.89. The molecule has 1 amide bonds. The summed E-state index contributed by atoms with van der Waals surface area (Å²) in [5.41, 5.74) is 2.77. The molecule has 1 saturated heterocycles. The highest BCUT2D eigenvalue weighted by Gasteiger charge is 2.27. The van der Waals surface area contributed by atoms with Crippen LogP contribution in [0.15, 0.2) is 47.4 Å². The van der Waals surface area contributed by atoms with Crippen molar-refractivity contribution in [3.8, 4) is 0 Å². The van der Waals surface area contributed by atoms with Crippen LogP contribution in [0, 0.1) is 19.8 Å². The van der Waals surface area contributed by atoms with Crippen molar-refractivity contribution in [3.63, 3.8) is 0 Å². The third-order valence-corrected chi connectivity index (χ3v) is 7.99. The van der Waals surface area contributed by atoms with Crippen molar-refractivity contribution in [3.05, 3.63) is 59.2 Å². The van der Waals surface area contributed by atoms with Gasteiger partial charge in [-0.25, -0.2) is 13.1 Å². The Morgan fingerprint density at radius 1 is 1.12 bits per heavy atom. The van der Waals surface area contributed by atoms with Crippen molar-refractivity contribution in [1.29, 1.82) is 0 Å². The normalized spacial score (nSPS) is 16.5. The van der Waals surface area contributed by atoms with Gasteiger partial charge in [0.25, 0.3) is 5.91 Å². The van der Waals surface area contributed by atoms with E-state index >= 15 is 0 Å². The van der Waals surface area contributed by atoms with E-state index in [1.54, 1.807) is 38.3 Å². The van der Waals surface area contributed by atoms with E-state index in [-0.39, 0.29) is 16.8 Å². The summed E-state index contributed by atoms with van der Waals surface area (Å²) in [5.74, 6) is 0.0859. The van der Waals surface area contributed by atoms with Crippen LogP contribution >= 0.6 is 0 Å². The number of carbonyl (C=O) groups excluding carboxylic acids is 1. The molecule has 0 aliphatic carbocycles. The van der Waals surface area contributed by atoms with E-state index in [0.29, 0.717) is 29.3 Å². The fourth-order valence-electron chi connectivity index (χ4n) is 4.27. The monoisotopic (exact) mass is 473 g/mol. The predicted molar refractivity (Wildman–Crippen MR) is 131 cm³/mol. The van der Waals surface area contributed by atoms with Crippen LogP contribution in [-0.4, -0.2) is 58.6 Å². The summed E-state index contributed by atoms with van der Waals surface area (Å²) in [6.45, 7) is 9.15. The van der Waals surface area contributed by atoms with Gasteiger partial charge in [-0.1, -0.05) is 18.2 Å². The number of benzene rings is 2. The lowest BCUT2D eigenvalue weighted by atomic mass is 9.91. The Balaban J connectivity index is 1.62. The minimum absolute atomic E-state index is 0.152. The van der Waals surface area contributed by atoms with E-state index in [4.69, 9.17) is 4.74 Å². The number of amides is 1. The second kappa shape index (κ2) is 11.2. The summed E-state index contributed by atoms with van der Waals surface area (Å²) in [6.07, 6.45) is 1.91. The number of hydrogen-bond acceptors (Lipinski definition) is 5. The summed E-state index contributed by atoms with van der Waals surface area (Å²) >= 11 is 0. The first-order valence-corrected chi connectivity index (χ1v) is 12.9. The molecule has 7 nitrogen and oxygen atoms in total. The minimum Gasteiger partial charge on any atom is -0.383 e. The van der Waals surface area contributed by atoms with Gasteiger partial charge >= 0.3 is 0 Å². The molecule has 1 aliphatic rings. The number of methoxy groups -OCH3 is 1. The Hall–Kier alpha value is -2.26. The number of hydrogen-bond donors (Lipinski definition) is 2. The molecular weight excluding hydrogens is 438 g/mol. The molecule has 3 rings (SSSR count). The molecule has 0 aromatic heterocycles. The van der Waals surface area contributed by atoms with Crippen molar-refractivity contribution in [2.45, 2.75) is 44.6 Å². The predicted octanol–water partition coefficient (Wildman–Crippen LogP) is 3.58. The molecular formula is C25H35N3O4S. The van der Waals surface area contributed by atoms with Gasteiger partial charge in [-0.3, -0.25) is 4.79 Å². The molecule has 1 aliphatic heterocycles. The fraction of sp³-hybridized carbons (Fsp3) is 0.480. The lowest BCUT2D eigenvalue weighted by Crippen LogP contribution is -2.44. The number of nitrogens with zero attached hydrogens (tertiary/aromatic N) is 1. The largest absolute Gasteiger partial charge is 0.383 e. The number of ether oxygens (including phenoxy) is 1. The molecule has 2 aromatic carbocycles. The maximum absolute atomic E-state index is 13.0. The van der Waals surface area contributed by atoms with Crippen LogP contribution in [0.3, 0.4) is 0 Å². The van der Waals surface area contributed by atoms with Gasteiger partial charge in [0.05, 0.1) is 11.5 Å². The Labute approximate surface area is 197 Å². The zero-order valence-corrected chi connectivity index (χ0v) is 20.7. The Morgan fingerprint density at radius 3 is 2.45 bits per heavy atom. The van der Waals surface area contributed by atoms with E-state index in [1.165, 1.54) is 0 Å². The molecule has 33 heavy (non-hydrogen) atoms. The molecule has 2 N–H and O–H groups in total. The maximum Gasteiger partial charge on any atom is 0.255 e. The lowest BCUT2D eigenvalue weighted by molar-refractivity contribution is 0.102. The highest BCUT2D eigenvalue weighted by atomic mass is 32.2. The van der Waals surface area contributed by atoms with Crippen molar-refractivity contribution >= 4 is 21.6 Å². The van der Waals surface area contributed by atoms with Crippen LogP contribution < -0.4 is 10.0 Å². The molecule has 0 radical (unpaired) electrons. The molecule has 1 atom stereocenters. The molecule has 1 fully saturated rings. The highest BCUT2D eigenvalue weighted by Crippen LogP contribution is 2.24. The third-order valence-electron chi connectivity index (χ3n) is 6.44. The third kappa shape index (κ3) is 6.63. The number of carbonyl (C=O) groups is 1. The quantitative estimate of drug-likeness (QED) is 0.581. The second-order valence-corrected chi connectivity index (χ2v) is 10.5. The molecule has 0 saturated carbocycles. The van der Waals surface area contributed by atoms with Gasteiger partial charge in [-0.15, -0.1) is 0 Å². The van der Waals surface area contributed by atoms with Crippen LogP contribution in [0.2, 0.25) is 0 Å². The number of nitrogens with one attached hydrogen (secondary N) is 2. The zero-order chi connectivity index (χ0) is 24.0. The van der Waals surface area contributed by atoms with Crippen LogP contribution in [0.5, 0.6) is 0 Å². The number of piperidine rings is 1. The van der Waals surface area contributed by atoms with Crippen molar-refractivity contribution in [2.75, 3.05) is 38.7 Å². The Bertz CT molecular complexity index is 1060. The van der Waals surface area contributed by atoms with Crippen molar-refractivity contribution in [1.82, 2.24) is 9.62 Å². The van der Waals surface area contributed by atoms with E-state index in [2.05, 4.69) is 14.9 Å². The summed E-state index contributed by atoms with van der Waals surface area (Å²) in [5, 5.41) is 2.89. The lowest BCUT2D eigenvalue weighted by Gasteiger charge is -2.34. The fourth-order valence-corrected chi connectivity index (χ4v) is 5.66. The molecule has 180 valence electrons. The Kier molecular flexibility index (Phi) is 8.64. The van der Waals surface area contributed by atoms with E-state index in [9.17, 15) is 13.2 Å². The number of anilines is 1. The van der Waals surface area contributed by atoms with Gasteiger partial charge in [0.15, 0.2) is 0 Å². The molecule has 0 bridgehead atoms. The molecule has 0 spiro atoms. The Morgan fingerprint density at radius 2 is 1.82 bits per heavy atom. The zero-order valence-electron chi connectivity index (χ0n) is 19.9. The average Bonchev–Trinajstić information content (AvgIpc) is 2.79. The van der Waals surface area contributed by atoms with Crippen LogP contribution in [0.1, 0.15) is 41.3 Å². The van der Waals surface area contributed by atoms with Crippen LogP contribution in [-0.2, 0) is 14.8 Å². The maximum atomic E-state index is 13.0. The number of rotatable bonds is 9. The first kappa shape index (κ1) is 25.4. The van der Waals surface area contributed by atoms with E-state index < -0.39 is 10.0 Å². The van der Waals surface area contributed by atoms with Gasteiger partial charge in [-0.2, -0.15) is 0 Å². The van der Waals surface area contributed by atoms with E-state index in [0.717, 1.165) is 38.0 Å². The van der Waals surface area contributed by atoms with Crippen LogP contribution in [0.25, 0.3) is 0 Å². The number of aryl methyl sites for hydroxylation is 2. The second-order valence-electron chi connectivity index (χ2n) is 8.83. The molecule has 1 heterocycles. The summed E-state index contributed by atoms with van der Waals surface area (Å²) < 4.78 is 34.0. The first-order chi connectivity index (χ1) is 15.7. The smallest absolute Gasteiger partial charge is 0.255 e. The average molecular weight is 474 g/mol.